The molecule has 0 amide bonds. The van der Waals surface area contributed by atoms with Crippen molar-refractivity contribution in [2.75, 3.05) is 12.4 Å². The molecule has 0 radical (unpaired) electrons. The molecular formula is C14H11Cl3FNO. The quantitative estimate of drug-likeness (QED) is 0.755. The summed E-state index contributed by atoms with van der Waals surface area (Å²) in [5.41, 5.74) is 1.37. The second-order valence-electron chi connectivity index (χ2n) is 4.02. The molecule has 0 spiro atoms. The molecule has 0 aliphatic rings. The summed E-state index contributed by atoms with van der Waals surface area (Å²) >= 11 is 18.1. The van der Waals surface area contributed by atoms with Crippen LogP contribution in [0.4, 0.5) is 10.1 Å². The molecule has 2 aromatic rings. The summed E-state index contributed by atoms with van der Waals surface area (Å²) in [4.78, 5) is 0. The highest BCUT2D eigenvalue weighted by Gasteiger charge is 2.10. The van der Waals surface area contributed by atoms with Gasteiger partial charge in [-0.2, -0.15) is 0 Å². The van der Waals surface area contributed by atoms with Crippen LogP contribution in [0, 0.1) is 5.82 Å². The molecule has 20 heavy (non-hydrogen) atoms. The molecule has 6 heteroatoms. The largest absolute Gasteiger partial charge is 0.494 e. The van der Waals surface area contributed by atoms with Gasteiger partial charge in [-0.25, -0.2) is 4.39 Å². The Morgan fingerprint density at radius 3 is 2.50 bits per heavy atom. The fourth-order valence-electron chi connectivity index (χ4n) is 1.69. The van der Waals surface area contributed by atoms with Gasteiger partial charge in [-0.15, -0.1) is 0 Å². The summed E-state index contributed by atoms with van der Waals surface area (Å²) in [5.74, 6) is -0.254. The third-order valence-electron chi connectivity index (χ3n) is 2.76. The Bertz CT molecular complexity index is 634. The maximum absolute atomic E-state index is 13.3. The first-order valence-corrected chi connectivity index (χ1v) is 6.86. The molecule has 0 fully saturated rings. The molecule has 0 saturated heterocycles. The fraction of sp³-hybridized carbons (Fsp3) is 0.143. The van der Waals surface area contributed by atoms with Gasteiger partial charge in [0.1, 0.15) is 0 Å². The summed E-state index contributed by atoms with van der Waals surface area (Å²) in [5, 5.41) is 4.45. The summed E-state index contributed by atoms with van der Waals surface area (Å²) in [6.45, 7) is 0.368. The average molecular weight is 335 g/mol. The number of halogens is 4. The predicted molar refractivity (Wildman–Crippen MR) is 81.8 cm³/mol. The van der Waals surface area contributed by atoms with Crippen LogP contribution in [0.5, 0.6) is 5.75 Å². The van der Waals surface area contributed by atoms with E-state index in [1.165, 1.54) is 13.2 Å². The van der Waals surface area contributed by atoms with Gasteiger partial charge in [-0.3, -0.25) is 0 Å². The molecular weight excluding hydrogens is 324 g/mol. The van der Waals surface area contributed by atoms with Crippen molar-refractivity contribution in [3.8, 4) is 5.75 Å². The average Bonchev–Trinajstić information content (AvgIpc) is 2.44. The van der Waals surface area contributed by atoms with Crippen molar-refractivity contribution in [2.24, 2.45) is 0 Å². The molecule has 2 rings (SSSR count). The molecule has 0 atom stereocenters. The maximum Gasteiger partial charge on any atom is 0.165 e. The van der Waals surface area contributed by atoms with Crippen LogP contribution in [0.2, 0.25) is 15.1 Å². The number of ether oxygens (including phenoxy) is 1. The molecule has 1 N–H and O–H groups in total. The van der Waals surface area contributed by atoms with Crippen LogP contribution in [-0.4, -0.2) is 7.11 Å². The molecule has 0 aliphatic carbocycles. The third-order valence-corrected chi connectivity index (χ3v) is 3.96. The Morgan fingerprint density at radius 1 is 1.10 bits per heavy atom. The van der Waals surface area contributed by atoms with E-state index in [0.29, 0.717) is 32.9 Å². The minimum Gasteiger partial charge on any atom is -0.494 e. The summed E-state index contributed by atoms with van der Waals surface area (Å²) < 4.78 is 18.2. The lowest BCUT2D eigenvalue weighted by Crippen LogP contribution is -2.02. The molecule has 106 valence electrons. The number of benzene rings is 2. The van der Waals surface area contributed by atoms with Crippen molar-refractivity contribution in [3.05, 3.63) is 56.8 Å². The first-order chi connectivity index (χ1) is 9.52. The van der Waals surface area contributed by atoms with E-state index >= 15 is 0 Å². The zero-order valence-corrected chi connectivity index (χ0v) is 12.8. The van der Waals surface area contributed by atoms with Gasteiger partial charge in [0.05, 0.1) is 17.2 Å². The second kappa shape index (κ2) is 6.53. The highest BCUT2D eigenvalue weighted by Crippen LogP contribution is 2.32. The van der Waals surface area contributed by atoms with Gasteiger partial charge in [0.25, 0.3) is 0 Å². The summed E-state index contributed by atoms with van der Waals surface area (Å²) in [7, 11) is 1.41. The lowest BCUT2D eigenvalue weighted by atomic mass is 10.2. The van der Waals surface area contributed by atoms with Crippen molar-refractivity contribution in [1.82, 2.24) is 0 Å². The van der Waals surface area contributed by atoms with Crippen molar-refractivity contribution < 1.29 is 9.13 Å². The van der Waals surface area contributed by atoms with Crippen molar-refractivity contribution in [1.29, 1.82) is 0 Å². The third kappa shape index (κ3) is 3.29. The van der Waals surface area contributed by atoms with E-state index in [0.717, 1.165) is 0 Å². The normalized spacial score (nSPS) is 10.4. The molecule has 2 aromatic carbocycles. The van der Waals surface area contributed by atoms with Crippen molar-refractivity contribution >= 4 is 40.5 Å². The molecule has 0 unspecified atom stereocenters. The predicted octanol–water partition coefficient (Wildman–Crippen LogP) is 5.41. The smallest absolute Gasteiger partial charge is 0.165 e. The number of hydrogen-bond acceptors (Lipinski definition) is 2. The standard InChI is InChI=1S/C14H11Cl3FNO/c1-20-13-6-8(2-5-12(13)18)19-7-9-10(15)3-4-11(16)14(9)17/h2-6,19H,7H2,1H3. The van der Waals surface area contributed by atoms with E-state index in [4.69, 9.17) is 39.5 Å². The highest BCUT2D eigenvalue weighted by atomic mass is 35.5. The van der Waals surface area contributed by atoms with E-state index < -0.39 is 5.82 Å². The lowest BCUT2D eigenvalue weighted by molar-refractivity contribution is 0.387. The number of rotatable bonds is 4. The Hall–Kier alpha value is -1.16. The number of anilines is 1. The topological polar surface area (TPSA) is 21.3 Å². The van der Waals surface area contributed by atoms with Crippen LogP contribution in [0.25, 0.3) is 0 Å². The Kier molecular flexibility index (Phi) is 4.97. The van der Waals surface area contributed by atoms with Crippen LogP contribution in [0.15, 0.2) is 30.3 Å². The lowest BCUT2D eigenvalue weighted by Gasteiger charge is -2.12. The SMILES string of the molecule is COc1cc(NCc2c(Cl)ccc(Cl)c2Cl)ccc1F. The molecule has 0 aromatic heterocycles. The van der Waals surface area contributed by atoms with E-state index in [-0.39, 0.29) is 5.75 Å². The van der Waals surface area contributed by atoms with Gasteiger partial charge < -0.3 is 10.1 Å². The Labute approximate surface area is 131 Å². The minimum atomic E-state index is -0.420. The molecule has 0 saturated carbocycles. The van der Waals surface area contributed by atoms with E-state index in [9.17, 15) is 4.39 Å². The van der Waals surface area contributed by atoms with Crippen LogP contribution in [0.3, 0.4) is 0 Å². The van der Waals surface area contributed by atoms with Crippen LogP contribution in [-0.2, 0) is 6.54 Å². The number of nitrogens with one attached hydrogen (secondary N) is 1. The van der Waals surface area contributed by atoms with Gasteiger partial charge in [0, 0.05) is 28.9 Å². The van der Waals surface area contributed by atoms with Gasteiger partial charge >= 0.3 is 0 Å². The van der Waals surface area contributed by atoms with Gasteiger partial charge in [0.15, 0.2) is 11.6 Å². The molecule has 0 heterocycles. The second-order valence-corrected chi connectivity index (χ2v) is 5.22. The Balaban J connectivity index is 2.19. The molecule has 2 nitrogen and oxygen atoms in total. The Morgan fingerprint density at radius 2 is 1.80 bits per heavy atom. The minimum absolute atomic E-state index is 0.165. The molecule has 0 aliphatic heterocycles. The van der Waals surface area contributed by atoms with E-state index in [1.54, 1.807) is 24.3 Å². The van der Waals surface area contributed by atoms with Gasteiger partial charge in [0.2, 0.25) is 0 Å². The van der Waals surface area contributed by atoms with Crippen LogP contribution >= 0.6 is 34.8 Å². The van der Waals surface area contributed by atoms with Gasteiger partial charge in [-0.1, -0.05) is 34.8 Å². The van der Waals surface area contributed by atoms with Gasteiger partial charge in [-0.05, 0) is 24.3 Å². The van der Waals surface area contributed by atoms with Crippen molar-refractivity contribution in [3.63, 3.8) is 0 Å². The van der Waals surface area contributed by atoms with E-state index in [1.807, 2.05) is 0 Å². The van der Waals surface area contributed by atoms with E-state index in [2.05, 4.69) is 5.32 Å². The summed E-state index contributed by atoms with van der Waals surface area (Å²) in [6, 6.07) is 7.79. The highest BCUT2D eigenvalue weighted by molar-refractivity contribution is 6.44. The zero-order chi connectivity index (χ0) is 14.7. The maximum atomic E-state index is 13.3. The first-order valence-electron chi connectivity index (χ1n) is 5.72. The van der Waals surface area contributed by atoms with Crippen LogP contribution in [0.1, 0.15) is 5.56 Å². The summed E-state index contributed by atoms with van der Waals surface area (Å²) in [6.07, 6.45) is 0. The zero-order valence-electron chi connectivity index (χ0n) is 10.5. The number of hydrogen-bond donors (Lipinski definition) is 1. The molecule has 0 bridgehead atoms. The monoisotopic (exact) mass is 333 g/mol. The van der Waals surface area contributed by atoms with Crippen molar-refractivity contribution in [2.45, 2.75) is 6.54 Å². The van der Waals surface area contributed by atoms with Crippen LogP contribution < -0.4 is 10.1 Å². The number of methoxy groups -OCH3 is 1. The first kappa shape index (κ1) is 15.2. The fourth-order valence-corrected chi connectivity index (χ4v) is 2.37.